The Bertz CT molecular complexity index is 749. The molecule has 0 spiro atoms. The van der Waals surface area contributed by atoms with Gasteiger partial charge in [-0.2, -0.15) is 0 Å². The smallest absolute Gasteiger partial charge is 0.138 e. The van der Waals surface area contributed by atoms with Crippen molar-refractivity contribution in [1.82, 2.24) is 0 Å². The van der Waals surface area contributed by atoms with Gasteiger partial charge in [-0.25, -0.2) is 8.78 Å². The summed E-state index contributed by atoms with van der Waals surface area (Å²) in [6, 6.07) is 12.1. The third-order valence-electron chi connectivity index (χ3n) is 6.11. The molecule has 0 amide bonds. The van der Waals surface area contributed by atoms with Gasteiger partial charge in [-0.15, -0.1) is 0 Å². The van der Waals surface area contributed by atoms with Gasteiger partial charge in [-0.1, -0.05) is 12.1 Å². The van der Waals surface area contributed by atoms with E-state index in [4.69, 9.17) is 0 Å². The lowest BCUT2D eigenvalue weighted by molar-refractivity contribution is -0.925. The maximum Gasteiger partial charge on any atom is 0.138 e. The molecule has 4 rings (SSSR count). The number of likely N-dealkylation sites (tertiary alicyclic amines) is 1. The monoisotopic (exact) mass is 428 g/mol. The summed E-state index contributed by atoms with van der Waals surface area (Å²) in [5, 5.41) is 0. The fourth-order valence-corrected chi connectivity index (χ4v) is 4.70. The molecule has 154 valence electrons. The largest absolute Gasteiger partial charge is 1.00 e. The Morgan fingerprint density at radius 1 is 0.786 bits per heavy atom. The minimum Gasteiger partial charge on any atom is -1.00 e. The molecule has 28 heavy (non-hydrogen) atoms. The summed E-state index contributed by atoms with van der Waals surface area (Å²) < 4.78 is 27.4. The number of fused-ring (bicyclic) bond motifs is 1. The second-order valence-corrected chi connectivity index (χ2v) is 7.79. The van der Waals surface area contributed by atoms with E-state index in [-0.39, 0.29) is 42.4 Å². The van der Waals surface area contributed by atoms with Crippen LogP contribution in [0.25, 0.3) is 0 Å². The zero-order valence-electron chi connectivity index (χ0n) is 16.0. The number of hydrogen-bond donors (Lipinski definition) is 2. The highest BCUT2D eigenvalue weighted by molar-refractivity contribution is 5.47. The van der Waals surface area contributed by atoms with Crippen molar-refractivity contribution in [3.05, 3.63) is 65.2 Å². The molecule has 2 aromatic rings. The fourth-order valence-electron chi connectivity index (χ4n) is 4.70. The average Bonchev–Trinajstić information content (AvgIpc) is 3.10. The zero-order valence-corrected chi connectivity index (χ0v) is 17.5. The standard InChI is InChI=1S/C22H26F2N2.2ClH/c23-18-7-5-17(6-8-18)20-4-3-13-26(15-14-25-11-1-2-12-25)22-16-19(24)9-10-21(20)22;;/h5-10,16,20H,1-4,11-15H2;2*1H. The molecule has 0 bridgehead atoms. The Morgan fingerprint density at radius 2 is 1.46 bits per heavy atom. The summed E-state index contributed by atoms with van der Waals surface area (Å²) in [6.07, 6.45) is 4.80. The van der Waals surface area contributed by atoms with E-state index in [1.807, 2.05) is 18.2 Å². The van der Waals surface area contributed by atoms with Crippen LogP contribution < -0.4 is 34.6 Å². The molecule has 2 aromatic carbocycles. The van der Waals surface area contributed by atoms with Crippen molar-refractivity contribution in [2.45, 2.75) is 31.6 Å². The third-order valence-corrected chi connectivity index (χ3v) is 6.11. The van der Waals surface area contributed by atoms with Gasteiger partial charge in [0.15, 0.2) is 0 Å². The van der Waals surface area contributed by atoms with E-state index in [1.165, 1.54) is 48.5 Å². The second kappa shape index (κ2) is 10.5. The van der Waals surface area contributed by atoms with Gasteiger partial charge in [0, 0.05) is 30.4 Å². The zero-order chi connectivity index (χ0) is 17.9. The van der Waals surface area contributed by atoms with E-state index in [0.717, 1.165) is 43.7 Å². The lowest BCUT2D eigenvalue weighted by Crippen LogP contribution is -3.17. The molecule has 2 atom stereocenters. The average molecular weight is 429 g/mol. The van der Waals surface area contributed by atoms with Gasteiger partial charge in [0.1, 0.15) is 30.4 Å². The number of nitrogens with one attached hydrogen (secondary N) is 2. The van der Waals surface area contributed by atoms with Crippen molar-refractivity contribution >= 4 is 5.69 Å². The highest BCUT2D eigenvalue weighted by Crippen LogP contribution is 2.34. The van der Waals surface area contributed by atoms with E-state index < -0.39 is 0 Å². The molecule has 2 heterocycles. The molecule has 0 aliphatic carbocycles. The van der Waals surface area contributed by atoms with E-state index in [1.54, 1.807) is 17.0 Å². The van der Waals surface area contributed by atoms with Crippen LogP contribution in [0.1, 0.15) is 42.7 Å². The summed E-state index contributed by atoms with van der Waals surface area (Å²) in [5.74, 6) is -0.139. The quantitative estimate of drug-likeness (QED) is 0.492. The maximum absolute atomic E-state index is 14.1. The Labute approximate surface area is 178 Å². The Hall–Kier alpha value is -1.20. The van der Waals surface area contributed by atoms with Crippen molar-refractivity contribution in [1.29, 1.82) is 0 Å². The minimum absolute atomic E-state index is 0. The van der Waals surface area contributed by atoms with Crippen LogP contribution in [0.4, 0.5) is 14.5 Å². The summed E-state index contributed by atoms with van der Waals surface area (Å²) in [5.41, 5.74) is 3.45. The Kier molecular flexibility index (Phi) is 8.69. The van der Waals surface area contributed by atoms with Crippen molar-refractivity contribution < 1.29 is 43.4 Å². The van der Waals surface area contributed by atoms with E-state index in [0.29, 0.717) is 0 Å². The van der Waals surface area contributed by atoms with Gasteiger partial charge in [0.2, 0.25) is 0 Å². The van der Waals surface area contributed by atoms with Crippen LogP contribution >= 0.6 is 0 Å². The molecule has 0 aromatic heterocycles. The van der Waals surface area contributed by atoms with Gasteiger partial charge in [0.05, 0.1) is 19.6 Å². The SMILES string of the molecule is Fc1ccc(C2CCC[NH+](CC[NH+]3CCCC3)c3cc(F)ccc32)cc1.[Cl-].[Cl-]. The molecular weight excluding hydrogens is 401 g/mol. The minimum atomic E-state index is -0.206. The van der Waals surface area contributed by atoms with Gasteiger partial charge >= 0.3 is 0 Å². The number of benzene rings is 2. The maximum atomic E-state index is 14.1. The number of halogens is 4. The Morgan fingerprint density at radius 3 is 2.18 bits per heavy atom. The van der Waals surface area contributed by atoms with E-state index in [9.17, 15) is 8.78 Å². The van der Waals surface area contributed by atoms with Crippen molar-refractivity contribution in [2.24, 2.45) is 0 Å². The normalized spacial score (nSPS) is 21.9. The fraction of sp³-hybridized carbons (Fsp3) is 0.455. The highest BCUT2D eigenvalue weighted by Gasteiger charge is 2.29. The van der Waals surface area contributed by atoms with Crippen LogP contribution in [0, 0.1) is 11.6 Å². The van der Waals surface area contributed by atoms with Crippen molar-refractivity contribution in [3.63, 3.8) is 0 Å². The molecule has 2 nitrogen and oxygen atoms in total. The summed E-state index contributed by atoms with van der Waals surface area (Å²) >= 11 is 0. The van der Waals surface area contributed by atoms with Crippen molar-refractivity contribution in [3.8, 4) is 0 Å². The highest BCUT2D eigenvalue weighted by atomic mass is 35.5. The third kappa shape index (κ3) is 5.24. The predicted octanol–water partition coefficient (Wildman–Crippen LogP) is -3.91. The molecule has 2 N–H and O–H groups in total. The van der Waals surface area contributed by atoms with Crippen LogP contribution in [-0.4, -0.2) is 32.7 Å². The molecule has 2 unspecified atom stereocenters. The molecule has 0 radical (unpaired) electrons. The van der Waals surface area contributed by atoms with Gasteiger partial charge in [0.25, 0.3) is 0 Å². The van der Waals surface area contributed by atoms with Crippen LogP contribution in [0.3, 0.4) is 0 Å². The van der Waals surface area contributed by atoms with E-state index >= 15 is 0 Å². The first-order valence-corrected chi connectivity index (χ1v) is 9.94. The molecule has 2 aliphatic rings. The lowest BCUT2D eigenvalue weighted by atomic mass is 9.87. The molecule has 1 fully saturated rings. The number of hydrogen-bond acceptors (Lipinski definition) is 0. The van der Waals surface area contributed by atoms with E-state index in [2.05, 4.69) is 0 Å². The number of rotatable bonds is 4. The molecule has 0 saturated carbocycles. The molecule has 2 aliphatic heterocycles. The molecule has 6 heteroatoms. The first kappa shape index (κ1) is 23.1. The van der Waals surface area contributed by atoms with Crippen LogP contribution in [0.2, 0.25) is 0 Å². The van der Waals surface area contributed by atoms with Crippen LogP contribution in [0.15, 0.2) is 42.5 Å². The van der Waals surface area contributed by atoms with Gasteiger partial charge in [-0.05, 0) is 42.7 Å². The summed E-state index contributed by atoms with van der Waals surface area (Å²) in [6.45, 7) is 5.82. The summed E-state index contributed by atoms with van der Waals surface area (Å²) in [7, 11) is 0. The number of quaternary nitrogens is 2. The summed E-state index contributed by atoms with van der Waals surface area (Å²) in [4.78, 5) is 3.10. The molecular formula is C22H28Cl2F2N2. The van der Waals surface area contributed by atoms with Crippen LogP contribution in [0.5, 0.6) is 0 Å². The van der Waals surface area contributed by atoms with Crippen molar-refractivity contribution in [2.75, 3.05) is 32.7 Å². The first-order chi connectivity index (χ1) is 12.7. The van der Waals surface area contributed by atoms with Crippen LogP contribution in [-0.2, 0) is 0 Å². The first-order valence-electron chi connectivity index (χ1n) is 9.94. The van der Waals surface area contributed by atoms with Gasteiger partial charge in [-0.3, -0.25) is 4.90 Å². The second-order valence-electron chi connectivity index (χ2n) is 7.79. The predicted molar refractivity (Wildman–Crippen MR) is 99.0 cm³/mol. The lowest BCUT2D eigenvalue weighted by Gasteiger charge is -2.22. The Balaban J connectivity index is 0.00000140. The topological polar surface area (TPSA) is 8.88 Å². The molecule has 1 saturated heterocycles. The van der Waals surface area contributed by atoms with Gasteiger partial charge < -0.3 is 29.7 Å².